The van der Waals surface area contributed by atoms with Crippen LogP contribution in [0.15, 0.2) is 18.2 Å². The molecule has 2 heterocycles. The molecule has 1 aromatic carbocycles. The second-order valence-electron chi connectivity index (χ2n) is 8.01. The first kappa shape index (κ1) is 19.3. The molecule has 1 aromatic heterocycles. The lowest BCUT2D eigenvalue weighted by Crippen LogP contribution is -2.64. The normalized spacial score (nSPS) is 19.9. The summed E-state index contributed by atoms with van der Waals surface area (Å²) in [5.74, 6) is -0.553. The molecule has 0 bridgehead atoms. The summed E-state index contributed by atoms with van der Waals surface area (Å²) in [6.07, 6.45) is 5.59. The van der Waals surface area contributed by atoms with E-state index in [-0.39, 0.29) is 16.5 Å². The van der Waals surface area contributed by atoms with E-state index in [1.54, 1.807) is 10.7 Å². The number of nitrogens with zero attached hydrogens (tertiary/aromatic N) is 5. The summed E-state index contributed by atoms with van der Waals surface area (Å²) >= 11 is 5.90. The van der Waals surface area contributed by atoms with E-state index in [2.05, 4.69) is 22.3 Å². The molecule has 2 aliphatic rings. The van der Waals surface area contributed by atoms with Crippen LogP contribution in [0.1, 0.15) is 48.3 Å². The van der Waals surface area contributed by atoms with E-state index >= 15 is 0 Å². The number of halogens is 2. The molecule has 1 aliphatic carbocycles. The minimum Gasteiger partial charge on any atom is -0.329 e. The highest BCUT2D eigenvalue weighted by atomic mass is 35.5. The largest absolute Gasteiger partial charge is 0.329 e. The molecule has 8 heteroatoms. The molecule has 2 fully saturated rings. The Hall–Kier alpha value is -1.99. The maximum Gasteiger partial charge on any atom is 0.276 e. The third-order valence-electron chi connectivity index (χ3n) is 6.12. The van der Waals surface area contributed by atoms with Gasteiger partial charge in [0.1, 0.15) is 5.82 Å². The maximum absolute atomic E-state index is 13.5. The molecule has 1 aliphatic heterocycles. The number of carbonyl (C=O) groups is 1. The van der Waals surface area contributed by atoms with Crippen LogP contribution < -0.4 is 0 Å². The molecule has 0 N–H and O–H groups in total. The van der Waals surface area contributed by atoms with Gasteiger partial charge in [0.05, 0.1) is 21.9 Å². The van der Waals surface area contributed by atoms with Gasteiger partial charge in [-0.1, -0.05) is 36.1 Å². The lowest BCUT2D eigenvalue weighted by atomic mass is 9.78. The number of hydrogen-bond donors (Lipinski definition) is 0. The van der Waals surface area contributed by atoms with Crippen LogP contribution in [0.4, 0.5) is 4.39 Å². The maximum atomic E-state index is 13.5. The molecule has 1 saturated heterocycles. The average Bonchev–Trinajstić information content (AvgIpc) is 3.05. The van der Waals surface area contributed by atoms with Crippen molar-refractivity contribution in [2.24, 2.45) is 0 Å². The summed E-state index contributed by atoms with van der Waals surface area (Å²) in [4.78, 5) is 17.8. The molecule has 1 amide bonds. The predicted molar refractivity (Wildman–Crippen MR) is 105 cm³/mol. The summed E-state index contributed by atoms with van der Waals surface area (Å²) in [6, 6.07) is 4.36. The average molecular weight is 406 g/mol. The number of amides is 1. The van der Waals surface area contributed by atoms with Gasteiger partial charge in [0.2, 0.25) is 0 Å². The van der Waals surface area contributed by atoms with E-state index in [1.165, 1.54) is 18.6 Å². The van der Waals surface area contributed by atoms with Gasteiger partial charge in [0, 0.05) is 19.6 Å². The number of aromatic nitrogens is 3. The van der Waals surface area contributed by atoms with Crippen molar-refractivity contribution in [1.82, 2.24) is 24.8 Å². The fraction of sp³-hybridized carbons (Fsp3) is 0.550. The smallest absolute Gasteiger partial charge is 0.276 e. The van der Waals surface area contributed by atoms with Gasteiger partial charge in [-0.25, -0.2) is 9.07 Å². The quantitative estimate of drug-likeness (QED) is 0.767. The molecule has 28 heavy (non-hydrogen) atoms. The first-order valence-electron chi connectivity index (χ1n) is 9.79. The molecule has 4 rings (SSSR count). The Morgan fingerprint density at radius 2 is 1.96 bits per heavy atom. The van der Waals surface area contributed by atoms with Gasteiger partial charge in [-0.3, -0.25) is 4.79 Å². The van der Waals surface area contributed by atoms with E-state index in [0.29, 0.717) is 23.6 Å². The second kappa shape index (κ2) is 7.44. The minimum atomic E-state index is -0.490. The van der Waals surface area contributed by atoms with Crippen molar-refractivity contribution < 1.29 is 9.18 Å². The standard InChI is InChI=1S/C20H25ClFN5O/c1-14-18(23-24-27(14)15-6-7-17(22)16(21)12-15)19(28)26-11-10-25(2)13-20(26)8-4-3-5-9-20/h6-7,12H,3-5,8-11,13H2,1-2H3. The lowest BCUT2D eigenvalue weighted by molar-refractivity contribution is -0.00822. The van der Waals surface area contributed by atoms with Crippen molar-refractivity contribution in [2.45, 2.75) is 44.6 Å². The minimum absolute atomic E-state index is 0.0144. The van der Waals surface area contributed by atoms with E-state index in [0.717, 1.165) is 38.8 Å². The zero-order chi connectivity index (χ0) is 19.9. The van der Waals surface area contributed by atoms with E-state index < -0.39 is 5.82 Å². The Balaban J connectivity index is 1.66. The summed E-state index contributed by atoms with van der Waals surface area (Å²) in [5.41, 5.74) is 1.46. The molecule has 0 radical (unpaired) electrons. The molecule has 6 nitrogen and oxygen atoms in total. The molecule has 1 saturated carbocycles. The molecular weight excluding hydrogens is 381 g/mol. The zero-order valence-electron chi connectivity index (χ0n) is 16.3. The van der Waals surface area contributed by atoms with Crippen LogP contribution in [0, 0.1) is 12.7 Å². The monoisotopic (exact) mass is 405 g/mol. The molecule has 0 atom stereocenters. The summed E-state index contributed by atoms with van der Waals surface area (Å²) in [7, 11) is 2.12. The topological polar surface area (TPSA) is 54.3 Å². The Morgan fingerprint density at radius 3 is 2.68 bits per heavy atom. The highest BCUT2D eigenvalue weighted by Gasteiger charge is 2.45. The van der Waals surface area contributed by atoms with Gasteiger partial charge in [0.25, 0.3) is 5.91 Å². The first-order valence-corrected chi connectivity index (χ1v) is 10.2. The molecule has 150 valence electrons. The second-order valence-corrected chi connectivity index (χ2v) is 8.42. The van der Waals surface area contributed by atoms with Gasteiger partial charge in [0.15, 0.2) is 5.69 Å². The van der Waals surface area contributed by atoms with Crippen molar-refractivity contribution in [3.05, 3.63) is 40.4 Å². The fourth-order valence-electron chi connectivity index (χ4n) is 4.65. The third-order valence-corrected chi connectivity index (χ3v) is 6.41. The van der Waals surface area contributed by atoms with E-state index in [9.17, 15) is 9.18 Å². The summed E-state index contributed by atoms with van der Waals surface area (Å²) < 4.78 is 15.0. The van der Waals surface area contributed by atoms with E-state index in [1.807, 2.05) is 11.8 Å². The summed E-state index contributed by atoms with van der Waals surface area (Å²) in [6.45, 7) is 4.27. The summed E-state index contributed by atoms with van der Waals surface area (Å²) in [5, 5.41) is 8.35. The van der Waals surface area contributed by atoms with Gasteiger partial charge < -0.3 is 9.80 Å². The van der Waals surface area contributed by atoms with Crippen LogP contribution in [0.25, 0.3) is 5.69 Å². The lowest BCUT2D eigenvalue weighted by Gasteiger charge is -2.52. The molecule has 0 unspecified atom stereocenters. The van der Waals surface area contributed by atoms with Crippen LogP contribution in [-0.2, 0) is 0 Å². The number of carbonyl (C=O) groups excluding carboxylic acids is 1. The van der Waals surface area contributed by atoms with Crippen molar-refractivity contribution in [3.63, 3.8) is 0 Å². The van der Waals surface area contributed by atoms with Crippen LogP contribution in [0.2, 0.25) is 5.02 Å². The number of hydrogen-bond acceptors (Lipinski definition) is 4. The Bertz CT molecular complexity index is 893. The van der Waals surface area contributed by atoms with Gasteiger partial charge in [-0.05, 0) is 45.0 Å². The van der Waals surface area contributed by atoms with Gasteiger partial charge in [-0.2, -0.15) is 0 Å². The van der Waals surface area contributed by atoms with Crippen LogP contribution in [-0.4, -0.2) is 62.9 Å². The van der Waals surface area contributed by atoms with Crippen molar-refractivity contribution in [1.29, 1.82) is 0 Å². The van der Waals surface area contributed by atoms with Crippen molar-refractivity contribution in [3.8, 4) is 5.69 Å². The number of benzene rings is 1. The highest BCUT2D eigenvalue weighted by molar-refractivity contribution is 6.30. The molecule has 2 aromatic rings. The third kappa shape index (κ3) is 3.31. The van der Waals surface area contributed by atoms with Gasteiger partial charge in [-0.15, -0.1) is 5.10 Å². The fourth-order valence-corrected chi connectivity index (χ4v) is 4.82. The molecular formula is C20H25ClFN5O. The number of piperazine rings is 1. The van der Waals surface area contributed by atoms with Crippen molar-refractivity contribution in [2.75, 3.05) is 26.7 Å². The number of rotatable bonds is 2. The zero-order valence-corrected chi connectivity index (χ0v) is 17.0. The molecule has 1 spiro atoms. The Morgan fingerprint density at radius 1 is 1.21 bits per heavy atom. The Kier molecular flexibility index (Phi) is 5.14. The number of likely N-dealkylation sites (N-methyl/N-ethyl adjacent to an activating group) is 1. The van der Waals surface area contributed by atoms with Gasteiger partial charge >= 0.3 is 0 Å². The van der Waals surface area contributed by atoms with Crippen LogP contribution in [0.5, 0.6) is 0 Å². The predicted octanol–water partition coefficient (Wildman–Crippen LogP) is 3.46. The van der Waals surface area contributed by atoms with Crippen LogP contribution in [0.3, 0.4) is 0 Å². The highest BCUT2D eigenvalue weighted by Crippen LogP contribution is 2.37. The van der Waals surface area contributed by atoms with E-state index in [4.69, 9.17) is 11.6 Å². The SMILES string of the molecule is Cc1c(C(=O)N2CCN(C)CC23CCCCC3)nnn1-c1ccc(F)c(Cl)c1. The van der Waals surface area contributed by atoms with Crippen molar-refractivity contribution >= 4 is 17.5 Å². The first-order chi connectivity index (χ1) is 13.4. The van der Waals surface area contributed by atoms with Crippen LogP contribution >= 0.6 is 11.6 Å². The Labute approximate surface area is 169 Å².